The molecule has 0 aromatic carbocycles. The summed E-state index contributed by atoms with van der Waals surface area (Å²) in [4.78, 5) is 0. The van der Waals surface area contributed by atoms with Gasteiger partial charge in [-0.2, -0.15) is 0 Å². The Morgan fingerprint density at radius 2 is 2.21 bits per heavy atom. The Bertz CT molecular complexity index is 304. The van der Waals surface area contributed by atoms with Crippen LogP contribution in [0.3, 0.4) is 0 Å². The summed E-state index contributed by atoms with van der Waals surface area (Å²) in [6, 6.07) is 0. The molecule has 0 amide bonds. The lowest BCUT2D eigenvalue weighted by molar-refractivity contribution is -0.178. The minimum atomic E-state index is -0.149. The number of hydrogen-bond donors (Lipinski definition) is 1. The molecule has 0 spiro atoms. The van der Waals surface area contributed by atoms with Gasteiger partial charge in [0.2, 0.25) is 0 Å². The summed E-state index contributed by atoms with van der Waals surface area (Å²) in [7, 11) is 1.67. The number of ether oxygens (including phenoxy) is 2. The molecule has 3 heteroatoms. The van der Waals surface area contributed by atoms with E-state index in [9.17, 15) is 5.11 Å². The molecular formula is C16H28O3. The van der Waals surface area contributed by atoms with E-state index in [-0.39, 0.29) is 17.6 Å². The Morgan fingerprint density at radius 3 is 2.89 bits per heavy atom. The van der Waals surface area contributed by atoms with Crippen molar-refractivity contribution in [2.24, 2.45) is 17.3 Å². The maximum absolute atomic E-state index is 10.2. The summed E-state index contributed by atoms with van der Waals surface area (Å²) in [5.74, 6) is 0.912. The lowest BCUT2D eigenvalue weighted by Crippen LogP contribution is -2.52. The van der Waals surface area contributed by atoms with E-state index < -0.39 is 0 Å². The van der Waals surface area contributed by atoms with E-state index in [1.807, 2.05) is 6.08 Å². The fraction of sp³-hybridized carbons (Fsp3) is 0.875. The highest BCUT2D eigenvalue weighted by Crippen LogP contribution is 2.55. The van der Waals surface area contributed by atoms with Gasteiger partial charge in [-0.15, -0.1) is 6.58 Å². The average Bonchev–Trinajstić information content (AvgIpc) is 2.39. The Kier molecular flexibility index (Phi) is 5.04. The van der Waals surface area contributed by atoms with Crippen LogP contribution in [0.5, 0.6) is 0 Å². The topological polar surface area (TPSA) is 38.7 Å². The van der Waals surface area contributed by atoms with Gasteiger partial charge in [-0.05, 0) is 43.9 Å². The summed E-state index contributed by atoms with van der Waals surface area (Å²) < 4.78 is 11.1. The van der Waals surface area contributed by atoms with E-state index in [0.717, 1.165) is 25.7 Å². The van der Waals surface area contributed by atoms with Crippen molar-refractivity contribution in [2.45, 2.75) is 57.7 Å². The van der Waals surface area contributed by atoms with Crippen LogP contribution in [0.2, 0.25) is 0 Å². The number of aliphatic hydroxyl groups is 1. The summed E-state index contributed by atoms with van der Waals surface area (Å²) in [5, 5.41) is 10.2. The predicted octanol–water partition coefficient (Wildman–Crippen LogP) is 3.13. The third-order valence-electron chi connectivity index (χ3n) is 5.27. The summed E-state index contributed by atoms with van der Waals surface area (Å²) in [5.41, 5.74) is 0.164. The van der Waals surface area contributed by atoms with Crippen LogP contribution in [-0.4, -0.2) is 31.2 Å². The van der Waals surface area contributed by atoms with Crippen LogP contribution < -0.4 is 0 Å². The molecule has 2 fully saturated rings. The highest BCUT2D eigenvalue weighted by molar-refractivity contribution is 5.04. The molecule has 3 nitrogen and oxygen atoms in total. The van der Waals surface area contributed by atoms with Gasteiger partial charge in [0, 0.05) is 12.5 Å². The van der Waals surface area contributed by atoms with Crippen molar-refractivity contribution >= 4 is 0 Å². The van der Waals surface area contributed by atoms with Crippen LogP contribution in [0.25, 0.3) is 0 Å². The molecule has 19 heavy (non-hydrogen) atoms. The number of methoxy groups -OCH3 is 1. The molecule has 0 saturated heterocycles. The zero-order valence-corrected chi connectivity index (χ0v) is 12.3. The van der Waals surface area contributed by atoms with Crippen LogP contribution in [0.15, 0.2) is 12.7 Å². The van der Waals surface area contributed by atoms with Crippen molar-refractivity contribution in [3.8, 4) is 0 Å². The van der Waals surface area contributed by atoms with Gasteiger partial charge in [0.25, 0.3) is 0 Å². The second-order valence-corrected chi connectivity index (χ2v) is 6.40. The van der Waals surface area contributed by atoms with Crippen LogP contribution in [0.1, 0.15) is 45.4 Å². The minimum Gasteiger partial charge on any atom is -0.393 e. The van der Waals surface area contributed by atoms with E-state index in [0.29, 0.717) is 18.6 Å². The number of rotatable bonds is 5. The second-order valence-electron chi connectivity index (χ2n) is 6.40. The van der Waals surface area contributed by atoms with E-state index >= 15 is 0 Å². The molecule has 110 valence electrons. The smallest absolute Gasteiger partial charge is 0.146 e. The van der Waals surface area contributed by atoms with E-state index in [1.165, 1.54) is 12.8 Å². The Balaban J connectivity index is 2.21. The van der Waals surface area contributed by atoms with Crippen LogP contribution in [0.4, 0.5) is 0 Å². The quantitative estimate of drug-likeness (QED) is 0.615. The van der Waals surface area contributed by atoms with E-state index in [4.69, 9.17) is 9.47 Å². The van der Waals surface area contributed by atoms with Gasteiger partial charge in [0.05, 0.1) is 12.2 Å². The first-order valence-corrected chi connectivity index (χ1v) is 7.53. The summed E-state index contributed by atoms with van der Waals surface area (Å²) >= 11 is 0. The monoisotopic (exact) mass is 268 g/mol. The molecule has 1 N–H and O–H groups in total. The van der Waals surface area contributed by atoms with Crippen molar-refractivity contribution < 1.29 is 14.6 Å². The fourth-order valence-corrected chi connectivity index (χ4v) is 4.35. The van der Waals surface area contributed by atoms with Gasteiger partial charge in [-0.1, -0.05) is 19.4 Å². The first-order chi connectivity index (χ1) is 9.14. The molecule has 2 aliphatic carbocycles. The number of fused-ring (bicyclic) bond motifs is 1. The highest BCUT2D eigenvalue weighted by Gasteiger charge is 2.52. The third-order valence-corrected chi connectivity index (χ3v) is 5.27. The molecular weight excluding hydrogens is 240 g/mol. The van der Waals surface area contributed by atoms with Gasteiger partial charge in [0.15, 0.2) is 0 Å². The molecule has 0 radical (unpaired) electrons. The van der Waals surface area contributed by atoms with Crippen molar-refractivity contribution in [3.05, 3.63) is 12.7 Å². The van der Waals surface area contributed by atoms with Crippen molar-refractivity contribution in [1.29, 1.82) is 0 Å². The molecule has 0 aliphatic heterocycles. The molecule has 0 aromatic rings. The van der Waals surface area contributed by atoms with Gasteiger partial charge < -0.3 is 14.6 Å². The Hall–Kier alpha value is -0.380. The fourth-order valence-electron chi connectivity index (χ4n) is 4.35. The minimum absolute atomic E-state index is 0.149. The second kappa shape index (κ2) is 6.38. The van der Waals surface area contributed by atoms with E-state index in [2.05, 4.69) is 13.5 Å². The van der Waals surface area contributed by atoms with Gasteiger partial charge >= 0.3 is 0 Å². The average molecular weight is 268 g/mol. The molecule has 0 bridgehead atoms. The predicted molar refractivity (Wildman–Crippen MR) is 75.7 cm³/mol. The third kappa shape index (κ3) is 2.88. The van der Waals surface area contributed by atoms with Gasteiger partial charge in [-0.3, -0.25) is 0 Å². The molecule has 2 rings (SSSR count). The van der Waals surface area contributed by atoms with Crippen LogP contribution in [0, 0.1) is 17.3 Å². The number of allylic oxidation sites excluding steroid dienone is 1. The molecule has 0 aromatic heterocycles. The first kappa shape index (κ1) is 15.0. The molecule has 5 atom stereocenters. The van der Waals surface area contributed by atoms with Gasteiger partial charge in [-0.25, -0.2) is 0 Å². The van der Waals surface area contributed by atoms with Crippen LogP contribution >= 0.6 is 0 Å². The summed E-state index contributed by atoms with van der Waals surface area (Å²) in [6.45, 7) is 6.48. The lowest BCUT2D eigenvalue weighted by atomic mass is 9.54. The van der Waals surface area contributed by atoms with Gasteiger partial charge in [0.1, 0.15) is 6.79 Å². The zero-order valence-electron chi connectivity index (χ0n) is 12.3. The number of aliphatic hydroxyl groups excluding tert-OH is 1. The standard InChI is InChI=1S/C16H28O3/c1-4-8-16-10-12(2)14(17)9-13(16)6-5-7-15(16)19-11-18-3/h4,12-15,17H,1,5-11H2,2-3H3/t12-,13+,14-,15+,16+/m1/s1. The molecule has 2 aliphatic rings. The van der Waals surface area contributed by atoms with E-state index in [1.54, 1.807) is 7.11 Å². The highest BCUT2D eigenvalue weighted by atomic mass is 16.7. The molecule has 0 unspecified atom stereocenters. The van der Waals surface area contributed by atoms with Crippen molar-refractivity contribution in [2.75, 3.05) is 13.9 Å². The SMILES string of the molecule is C=CC[C@]12C[C@@H](C)[C@H](O)C[C@@H]1CCC[C@@H]2OCOC. The van der Waals surface area contributed by atoms with Crippen LogP contribution in [-0.2, 0) is 9.47 Å². The lowest BCUT2D eigenvalue weighted by Gasteiger charge is -2.54. The largest absolute Gasteiger partial charge is 0.393 e. The molecule has 2 saturated carbocycles. The Morgan fingerprint density at radius 1 is 1.42 bits per heavy atom. The molecule has 0 heterocycles. The Labute approximate surface area is 117 Å². The normalized spacial score (nSPS) is 42.7. The van der Waals surface area contributed by atoms with Crippen molar-refractivity contribution in [1.82, 2.24) is 0 Å². The first-order valence-electron chi connectivity index (χ1n) is 7.53. The maximum atomic E-state index is 10.2. The number of hydrogen-bond acceptors (Lipinski definition) is 3. The maximum Gasteiger partial charge on any atom is 0.146 e. The van der Waals surface area contributed by atoms with Crippen molar-refractivity contribution in [3.63, 3.8) is 0 Å². The summed E-state index contributed by atoms with van der Waals surface area (Å²) in [6.07, 6.45) is 8.60. The zero-order chi connectivity index (χ0) is 13.9.